The molecule has 0 aliphatic rings. The zero-order valence-corrected chi connectivity index (χ0v) is 14.4. The molecule has 0 fully saturated rings. The molecule has 0 heterocycles. The smallest absolute Gasteiger partial charge is 0.320 e. The minimum absolute atomic E-state index is 0.292. The van der Waals surface area contributed by atoms with Crippen molar-refractivity contribution in [3.8, 4) is 0 Å². The van der Waals surface area contributed by atoms with Crippen LogP contribution < -0.4 is 0 Å². The Hall–Kier alpha value is -1.06. The van der Waals surface area contributed by atoms with Gasteiger partial charge >= 0.3 is 11.9 Å². The minimum atomic E-state index is -0.757. The predicted octanol–water partition coefficient (Wildman–Crippen LogP) is 4.12. The number of carbonyl (C=O) groups excluding carboxylic acids is 2. The average molecular weight is 300 g/mol. The highest BCUT2D eigenvalue weighted by Crippen LogP contribution is 2.23. The molecule has 0 spiro atoms. The van der Waals surface area contributed by atoms with Gasteiger partial charge in [-0.3, -0.25) is 9.59 Å². The fourth-order valence-corrected chi connectivity index (χ4v) is 2.17. The molecule has 0 amide bonds. The molecule has 0 radical (unpaired) electrons. The summed E-state index contributed by atoms with van der Waals surface area (Å²) < 4.78 is 9.91. The molecule has 0 rings (SSSR count). The molecule has 0 aromatic heterocycles. The van der Waals surface area contributed by atoms with E-state index >= 15 is 0 Å². The van der Waals surface area contributed by atoms with Crippen LogP contribution in [0.1, 0.15) is 73.1 Å². The molecule has 4 heteroatoms. The van der Waals surface area contributed by atoms with Gasteiger partial charge in [0.1, 0.15) is 0 Å². The molecule has 0 saturated carbocycles. The number of carbonyl (C=O) groups is 2. The summed E-state index contributed by atoms with van der Waals surface area (Å²) in [5.41, 5.74) is 0.373. The summed E-state index contributed by atoms with van der Waals surface area (Å²) in [6.07, 6.45) is 5.93. The molecular formula is C17H32O4. The van der Waals surface area contributed by atoms with Gasteiger partial charge in [0.05, 0.1) is 13.2 Å². The van der Waals surface area contributed by atoms with Crippen LogP contribution in [0.2, 0.25) is 0 Å². The Bertz CT molecular complexity index is 286. The van der Waals surface area contributed by atoms with Crippen LogP contribution in [0, 0.1) is 11.3 Å². The lowest BCUT2D eigenvalue weighted by Crippen LogP contribution is -2.28. The van der Waals surface area contributed by atoms with Crippen LogP contribution >= 0.6 is 0 Å². The summed E-state index contributed by atoms with van der Waals surface area (Å²) in [5.74, 6) is -1.66. The predicted molar refractivity (Wildman–Crippen MR) is 83.9 cm³/mol. The number of rotatable bonds is 10. The summed E-state index contributed by atoms with van der Waals surface area (Å²) in [6, 6.07) is 0. The van der Waals surface area contributed by atoms with Crippen LogP contribution in [0.5, 0.6) is 0 Å². The number of unbranched alkanes of at least 4 members (excludes halogenated alkanes) is 3. The van der Waals surface area contributed by atoms with Crippen molar-refractivity contribution in [1.82, 2.24) is 0 Å². The molecule has 0 bridgehead atoms. The first-order chi connectivity index (χ1) is 9.81. The van der Waals surface area contributed by atoms with E-state index in [9.17, 15) is 9.59 Å². The van der Waals surface area contributed by atoms with Crippen molar-refractivity contribution in [3.05, 3.63) is 0 Å². The third-order valence-corrected chi connectivity index (χ3v) is 3.31. The summed E-state index contributed by atoms with van der Waals surface area (Å²) in [5, 5.41) is 0. The fraction of sp³-hybridized carbons (Fsp3) is 0.882. The van der Waals surface area contributed by atoms with E-state index in [0.29, 0.717) is 25.0 Å². The monoisotopic (exact) mass is 300 g/mol. The largest absolute Gasteiger partial charge is 0.465 e. The number of hydrogen-bond donors (Lipinski definition) is 0. The normalized spacial score (nSPS) is 11.5. The van der Waals surface area contributed by atoms with Crippen LogP contribution in [0.4, 0.5) is 0 Å². The van der Waals surface area contributed by atoms with E-state index in [1.54, 1.807) is 13.8 Å². The Balaban J connectivity index is 4.07. The first kappa shape index (κ1) is 19.9. The van der Waals surface area contributed by atoms with E-state index in [1.807, 2.05) is 0 Å². The second kappa shape index (κ2) is 10.6. The summed E-state index contributed by atoms with van der Waals surface area (Å²) in [7, 11) is 0. The lowest BCUT2D eigenvalue weighted by Gasteiger charge is -2.17. The van der Waals surface area contributed by atoms with Gasteiger partial charge in [-0.25, -0.2) is 0 Å². The highest BCUT2D eigenvalue weighted by atomic mass is 16.6. The van der Waals surface area contributed by atoms with Crippen LogP contribution in [0.15, 0.2) is 0 Å². The van der Waals surface area contributed by atoms with Gasteiger partial charge in [0.2, 0.25) is 0 Å². The number of esters is 2. The molecular weight excluding hydrogens is 268 g/mol. The zero-order valence-electron chi connectivity index (χ0n) is 14.4. The SMILES string of the molecule is CCOC(=O)C(CCCCCCC(C)(C)C)C(=O)OCC. The number of ether oxygens (including phenoxy) is 2. The van der Waals surface area contributed by atoms with E-state index in [-0.39, 0.29) is 0 Å². The topological polar surface area (TPSA) is 52.6 Å². The van der Waals surface area contributed by atoms with Gasteiger partial charge in [0.25, 0.3) is 0 Å². The molecule has 124 valence electrons. The first-order valence-electron chi connectivity index (χ1n) is 8.15. The third kappa shape index (κ3) is 10.3. The molecule has 21 heavy (non-hydrogen) atoms. The maximum absolute atomic E-state index is 11.8. The quantitative estimate of drug-likeness (QED) is 0.346. The molecule has 0 aliphatic carbocycles. The molecule has 0 N–H and O–H groups in total. The number of hydrogen-bond acceptors (Lipinski definition) is 4. The van der Waals surface area contributed by atoms with E-state index in [1.165, 1.54) is 12.8 Å². The van der Waals surface area contributed by atoms with Crippen LogP contribution in [0.3, 0.4) is 0 Å². The Morgan fingerprint density at radius 1 is 0.857 bits per heavy atom. The second-order valence-corrected chi connectivity index (χ2v) is 6.57. The molecule has 0 aromatic carbocycles. The highest BCUT2D eigenvalue weighted by molar-refractivity contribution is 5.94. The van der Waals surface area contributed by atoms with Crippen LogP contribution in [0.25, 0.3) is 0 Å². The molecule has 0 aliphatic heterocycles. The van der Waals surface area contributed by atoms with Crippen molar-refractivity contribution in [2.24, 2.45) is 11.3 Å². The molecule has 0 unspecified atom stereocenters. The van der Waals surface area contributed by atoms with Crippen molar-refractivity contribution >= 4 is 11.9 Å². The molecule has 4 nitrogen and oxygen atoms in total. The first-order valence-corrected chi connectivity index (χ1v) is 8.15. The summed E-state index contributed by atoms with van der Waals surface area (Å²) in [4.78, 5) is 23.6. The summed E-state index contributed by atoms with van der Waals surface area (Å²) in [6.45, 7) is 10.8. The fourth-order valence-electron chi connectivity index (χ4n) is 2.17. The maximum atomic E-state index is 11.8. The maximum Gasteiger partial charge on any atom is 0.320 e. The van der Waals surface area contributed by atoms with Crippen molar-refractivity contribution in [1.29, 1.82) is 0 Å². The highest BCUT2D eigenvalue weighted by Gasteiger charge is 2.28. The minimum Gasteiger partial charge on any atom is -0.465 e. The lowest BCUT2D eigenvalue weighted by molar-refractivity contribution is -0.161. The Kier molecular flexibility index (Phi) is 10.1. The standard InChI is InChI=1S/C17H32O4/c1-6-20-15(18)14(16(19)21-7-2)12-10-8-9-11-13-17(3,4)5/h14H,6-13H2,1-5H3. The van der Waals surface area contributed by atoms with Gasteiger partial charge in [-0.2, -0.15) is 0 Å². The Labute approximate surface area is 129 Å². The van der Waals surface area contributed by atoms with E-state index < -0.39 is 17.9 Å². The Morgan fingerprint density at radius 3 is 1.76 bits per heavy atom. The van der Waals surface area contributed by atoms with Crippen molar-refractivity contribution < 1.29 is 19.1 Å². The van der Waals surface area contributed by atoms with E-state index in [2.05, 4.69) is 20.8 Å². The van der Waals surface area contributed by atoms with E-state index in [0.717, 1.165) is 19.3 Å². The van der Waals surface area contributed by atoms with Gasteiger partial charge in [-0.15, -0.1) is 0 Å². The summed E-state index contributed by atoms with van der Waals surface area (Å²) >= 11 is 0. The van der Waals surface area contributed by atoms with Crippen LogP contribution in [-0.4, -0.2) is 25.2 Å². The van der Waals surface area contributed by atoms with Crippen LogP contribution in [-0.2, 0) is 19.1 Å². The van der Waals surface area contributed by atoms with Gasteiger partial charge in [-0.05, 0) is 32.1 Å². The molecule has 0 atom stereocenters. The van der Waals surface area contributed by atoms with Gasteiger partial charge in [0, 0.05) is 0 Å². The van der Waals surface area contributed by atoms with Gasteiger partial charge in [-0.1, -0.05) is 46.5 Å². The van der Waals surface area contributed by atoms with Gasteiger partial charge < -0.3 is 9.47 Å². The Morgan fingerprint density at radius 2 is 1.33 bits per heavy atom. The van der Waals surface area contributed by atoms with Crippen molar-refractivity contribution in [3.63, 3.8) is 0 Å². The second-order valence-electron chi connectivity index (χ2n) is 6.57. The third-order valence-electron chi connectivity index (χ3n) is 3.31. The van der Waals surface area contributed by atoms with Gasteiger partial charge in [0.15, 0.2) is 5.92 Å². The zero-order chi connectivity index (χ0) is 16.3. The average Bonchev–Trinajstić information content (AvgIpc) is 2.36. The van der Waals surface area contributed by atoms with E-state index in [4.69, 9.17) is 9.47 Å². The van der Waals surface area contributed by atoms with Crippen molar-refractivity contribution in [2.45, 2.75) is 73.1 Å². The lowest BCUT2D eigenvalue weighted by atomic mass is 9.89. The molecule has 0 aromatic rings. The molecule has 0 saturated heterocycles. The van der Waals surface area contributed by atoms with Crippen molar-refractivity contribution in [2.75, 3.05) is 13.2 Å².